The van der Waals surface area contributed by atoms with E-state index in [0.29, 0.717) is 19.3 Å². The zero-order valence-corrected chi connectivity index (χ0v) is 28.4. The molecule has 0 spiro atoms. The third-order valence-corrected chi connectivity index (χ3v) is 8.07. The fraction of sp³-hybridized carbons (Fsp3) is 0.324. The van der Waals surface area contributed by atoms with Gasteiger partial charge < -0.3 is 42.0 Å². The minimum absolute atomic E-state index is 0.0197. The van der Waals surface area contributed by atoms with Crippen LogP contribution >= 0.6 is 0 Å². The molecule has 13 nitrogen and oxygen atoms in total. The molecule has 0 aliphatic heterocycles. The van der Waals surface area contributed by atoms with Gasteiger partial charge >= 0.3 is 5.97 Å². The molecular formula is C37H43FN6O7. The van der Waals surface area contributed by atoms with Crippen molar-refractivity contribution < 1.29 is 33.4 Å². The van der Waals surface area contributed by atoms with Gasteiger partial charge in [-0.05, 0) is 67.0 Å². The highest BCUT2D eigenvalue weighted by Gasteiger charge is 2.28. The number of rotatable bonds is 17. The maximum atomic E-state index is 14.1. The summed E-state index contributed by atoms with van der Waals surface area (Å²) in [4.78, 5) is 57.1. The molecule has 1 aromatic heterocycles. The Labute approximate surface area is 293 Å². The first-order chi connectivity index (χ1) is 24.3. The molecule has 0 bridgehead atoms. The summed E-state index contributed by atoms with van der Waals surface area (Å²) in [6, 6.07) is 15.6. The van der Waals surface area contributed by atoms with Crippen LogP contribution in [0.5, 0.6) is 5.75 Å². The molecule has 14 heteroatoms. The van der Waals surface area contributed by atoms with E-state index in [9.17, 15) is 33.8 Å². The number of nitrogens with two attached hydrogens (primary N) is 2. The molecule has 0 radical (unpaired) electrons. The summed E-state index contributed by atoms with van der Waals surface area (Å²) < 4.78 is 19.8. The van der Waals surface area contributed by atoms with Crippen molar-refractivity contribution in [2.45, 2.75) is 57.7 Å². The standard InChI is InChI=1S/C37H43FN6O7/c1-21(2)17-29(34(47)44-28(36(49)50)9-6-16-41-37(39)40)42-20-25(18-22-7-4-3-5-8-22)43-35(48)33-31(23-10-12-24(38)13-11-23)32(46)27-15-14-26(45)19-30(27)51-33/h3-5,7-8,10-15,19,21,25,28-29,42,45H,6,9,16-18,20H2,1-2H3,(H,43,48)(H,44,47)(H,49,50)(H4,39,40,41). The molecule has 0 saturated carbocycles. The number of aromatic hydroxyl groups is 1. The second-order valence-electron chi connectivity index (χ2n) is 12.6. The third kappa shape index (κ3) is 10.9. The topological polar surface area (TPSA) is 222 Å². The predicted octanol–water partition coefficient (Wildman–Crippen LogP) is 3.27. The van der Waals surface area contributed by atoms with E-state index in [1.54, 1.807) is 0 Å². The third-order valence-electron chi connectivity index (χ3n) is 8.07. The van der Waals surface area contributed by atoms with E-state index in [4.69, 9.17) is 15.9 Å². The number of aliphatic imine (C=N–C) groups is 1. The first-order valence-corrected chi connectivity index (χ1v) is 16.5. The number of benzene rings is 3. The lowest BCUT2D eigenvalue weighted by Crippen LogP contribution is -2.54. The van der Waals surface area contributed by atoms with Crippen molar-refractivity contribution in [1.29, 1.82) is 0 Å². The number of carbonyl (C=O) groups excluding carboxylic acids is 2. The van der Waals surface area contributed by atoms with Gasteiger partial charge in [0.05, 0.1) is 17.0 Å². The molecule has 3 atom stereocenters. The smallest absolute Gasteiger partial charge is 0.326 e. The van der Waals surface area contributed by atoms with Gasteiger partial charge in [0.15, 0.2) is 5.96 Å². The maximum absolute atomic E-state index is 14.1. The average molecular weight is 703 g/mol. The number of carbonyl (C=O) groups is 3. The van der Waals surface area contributed by atoms with Crippen molar-refractivity contribution in [3.05, 3.63) is 100 Å². The largest absolute Gasteiger partial charge is 0.508 e. The zero-order valence-electron chi connectivity index (χ0n) is 28.4. The van der Waals surface area contributed by atoms with E-state index in [-0.39, 0.29) is 65.0 Å². The van der Waals surface area contributed by atoms with Crippen molar-refractivity contribution in [3.8, 4) is 16.9 Å². The number of carboxylic acids is 1. The van der Waals surface area contributed by atoms with Crippen LogP contribution in [0, 0.1) is 11.7 Å². The second kappa shape index (κ2) is 17.8. The quantitative estimate of drug-likeness (QED) is 0.0483. The molecule has 1 heterocycles. The Morgan fingerprint density at radius 3 is 2.31 bits per heavy atom. The van der Waals surface area contributed by atoms with E-state index in [1.165, 1.54) is 42.5 Å². The minimum atomic E-state index is -1.20. The van der Waals surface area contributed by atoms with Crippen LogP contribution in [0.3, 0.4) is 0 Å². The molecular weight excluding hydrogens is 659 g/mol. The number of phenolic OH excluding ortho intramolecular Hbond substituents is 1. The zero-order chi connectivity index (χ0) is 37.1. The molecule has 270 valence electrons. The van der Waals surface area contributed by atoms with Crippen molar-refractivity contribution >= 4 is 34.7 Å². The molecule has 3 unspecified atom stereocenters. The number of carboxylic acid groups (broad SMARTS) is 1. The molecule has 51 heavy (non-hydrogen) atoms. The van der Waals surface area contributed by atoms with Gasteiger partial charge in [0.25, 0.3) is 5.91 Å². The average Bonchev–Trinajstić information content (AvgIpc) is 3.08. The van der Waals surface area contributed by atoms with Gasteiger partial charge in [-0.25, -0.2) is 9.18 Å². The highest BCUT2D eigenvalue weighted by Crippen LogP contribution is 2.27. The van der Waals surface area contributed by atoms with Crippen LogP contribution in [0.25, 0.3) is 22.1 Å². The summed E-state index contributed by atoms with van der Waals surface area (Å²) in [5.41, 5.74) is 11.1. The fourth-order valence-corrected chi connectivity index (χ4v) is 5.62. The number of guanidine groups is 1. The minimum Gasteiger partial charge on any atom is -0.508 e. The maximum Gasteiger partial charge on any atom is 0.326 e. The van der Waals surface area contributed by atoms with E-state index in [0.717, 1.165) is 5.56 Å². The Bertz CT molecular complexity index is 1910. The number of aliphatic carboxylic acids is 1. The Morgan fingerprint density at radius 1 is 0.961 bits per heavy atom. The van der Waals surface area contributed by atoms with Crippen molar-refractivity contribution in [2.24, 2.45) is 22.4 Å². The first-order valence-electron chi connectivity index (χ1n) is 16.5. The van der Waals surface area contributed by atoms with Crippen LogP contribution in [0.2, 0.25) is 0 Å². The molecule has 4 aromatic rings. The normalized spacial score (nSPS) is 12.9. The summed E-state index contributed by atoms with van der Waals surface area (Å²) in [6.07, 6.45) is 1.09. The van der Waals surface area contributed by atoms with Crippen LogP contribution in [0.4, 0.5) is 4.39 Å². The van der Waals surface area contributed by atoms with Crippen molar-refractivity contribution in [1.82, 2.24) is 16.0 Å². The van der Waals surface area contributed by atoms with Gasteiger partial charge in [0.1, 0.15) is 23.2 Å². The van der Waals surface area contributed by atoms with Crippen molar-refractivity contribution in [2.75, 3.05) is 13.1 Å². The lowest BCUT2D eigenvalue weighted by Gasteiger charge is -2.26. The molecule has 0 fully saturated rings. The molecule has 4 rings (SSSR count). The monoisotopic (exact) mass is 702 g/mol. The Morgan fingerprint density at radius 2 is 1.67 bits per heavy atom. The highest BCUT2D eigenvalue weighted by molar-refractivity contribution is 6.01. The summed E-state index contributed by atoms with van der Waals surface area (Å²) in [5, 5.41) is 28.7. The second-order valence-corrected chi connectivity index (χ2v) is 12.6. The van der Waals surface area contributed by atoms with Gasteiger partial charge in [-0.15, -0.1) is 0 Å². The van der Waals surface area contributed by atoms with Gasteiger partial charge in [-0.3, -0.25) is 19.4 Å². The molecule has 2 amide bonds. The summed E-state index contributed by atoms with van der Waals surface area (Å²) in [7, 11) is 0. The number of hydrogen-bond donors (Lipinski definition) is 7. The number of phenols is 1. The predicted molar refractivity (Wildman–Crippen MR) is 192 cm³/mol. The number of nitrogens with zero attached hydrogens (tertiary/aromatic N) is 1. The summed E-state index contributed by atoms with van der Waals surface area (Å²) in [5.74, 6) is -3.60. The Balaban J connectivity index is 1.63. The molecule has 9 N–H and O–H groups in total. The number of amides is 2. The first kappa shape index (κ1) is 38.0. The lowest BCUT2D eigenvalue weighted by atomic mass is 10.00. The summed E-state index contributed by atoms with van der Waals surface area (Å²) >= 11 is 0. The van der Waals surface area contributed by atoms with Crippen LogP contribution in [-0.4, -0.2) is 65.2 Å². The van der Waals surface area contributed by atoms with Gasteiger partial charge in [0.2, 0.25) is 17.1 Å². The van der Waals surface area contributed by atoms with Crippen LogP contribution in [-0.2, 0) is 16.0 Å². The number of fused-ring (bicyclic) bond motifs is 1. The summed E-state index contributed by atoms with van der Waals surface area (Å²) in [6.45, 7) is 4.12. The van der Waals surface area contributed by atoms with E-state index >= 15 is 0 Å². The number of hydrogen-bond acceptors (Lipinski definition) is 8. The van der Waals surface area contributed by atoms with Gasteiger partial charge in [0, 0.05) is 25.2 Å². The fourth-order valence-electron chi connectivity index (χ4n) is 5.62. The Hall–Kier alpha value is -5.76. The van der Waals surface area contributed by atoms with E-state index in [1.807, 2.05) is 44.2 Å². The van der Waals surface area contributed by atoms with Crippen molar-refractivity contribution in [3.63, 3.8) is 0 Å². The van der Waals surface area contributed by atoms with Crippen LogP contribution in [0.1, 0.15) is 49.2 Å². The SMILES string of the molecule is CC(C)CC(NCC(Cc1ccccc1)NC(=O)c1oc2cc(O)ccc2c(=O)c1-c1ccc(F)cc1)C(=O)NC(CCCN=C(N)N)C(=O)O. The Kier molecular flexibility index (Phi) is 13.3. The highest BCUT2D eigenvalue weighted by atomic mass is 19.1. The van der Waals surface area contributed by atoms with E-state index in [2.05, 4.69) is 20.9 Å². The van der Waals surface area contributed by atoms with Gasteiger partial charge in [-0.1, -0.05) is 56.3 Å². The van der Waals surface area contributed by atoms with Crippen LogP contribution < -0.4 is 32.8 Å². The lowest BCUT2D eigenvalue weighted by molar-refractivity contribution is -0.142. The number of halogens is 1. The molecule has 0 aliphatic rings. The molecule has 0 aliphatic carbocycles. The molecule has 3 aromatic carbocycles. The molecule has 0 saturated heterocycles. The van der Waals surface area contributed by atoms with Crippen LogP contribution in [0.15, 0.2) is 87.0 Å². The van der Waals surface area contributed by atoms with Gasteiger partial charge in [-0.2, -0.15) is 0 Å². The number of nitrogens with one attached hydrogen (secondary N) is 3. The van der Waals surface area contributed by atoms with E-state index < -0.39 is 47.2 Å².